The average molecular weight is 343 g/mol. The highest BCUT2D eigenvalue weighted by atomic mass is 19.1. The van der Waals surface area contributed by atoms with Gasteiger partial charge >= 0.3 is 0 Å². The molecule has 1 saturated carbocycles. The van der Waals surface area contributed by atoms with Crippen LogP contribution in [-0.2, 0) is 4.79 Å². The van der Waals surface area contributed by atoms with Crippen molar-refractivity contribution >= 4 is 5.91 Å². The molecule has 1 aromatic rings. The third-order valence-electron chi connectivity index (χ3n) is 5.41. The van der Waals surface area contributed by atoms with Crippen LogP contribution in [0.1, 0.15) is 58.1 Å². The highest BCUT2D eigenvalue weighted by Crippen LogP contribution is 2.43. The lowest BCUT2D eigenvalue weighted by atomic mass is 9.83. The molecule has 25 heavy (non-hydrogen) atoms. The topological polar surface area (TPSA) is 64.9 Å². The predicted molar refractivity (Wildman–Crippen MR) is 94.0 cm³/mol. The number of nitriles is 1. The summed E-state index contributed by atoms with van der Waals surface area (Å²) < 4.78 is 13.2. The fraction of sp³-hybridized carbons (Fsp3) is 0.600. The van der Waals surface area contributed by atoms with Crippen LogP contribution in [0.15, 0.2) is 24.3 Å². The monoisotopic (exact) mass is 343 g/mol. The summed E-state index contributed by atoms with van der Waals surface area (Å²) in [6, 6.07) is 8.72. The van der Waals surface area contributed by atoms with Gasteiger partial charge in [-0.3, -0.25) is 10.1 Å². The number of carbonyl (C=O) groups is 1. The van der Waals surface area contributed by atoms with Crippen molar-refractivity contribution in [3.63, 3.8) is 0 Å². The van der Waals surface area contributed by atoms with Gasteiger partial charge in [0.2, 0.25) is 5.91 Å². The third-order valence-corrected chi connectivity index (χ3v) is 5.41. The molecule has 0 bridgehead atoms. The fourth-order valence-corrected chi connectivity index (χ4v) is 4.07. The Balaban J connectivity index is 1.85. The Morgan fingerprint density at radius 2 is 2.04 bits per heavy atom. The number of rotatable bonds is 5. The molecule has 0 unspecified atom stereocenters. The molecule has 1 saturated heterocycles. The van der Waals surface area contributed by atoms with Gasteiger partial charge in [-0.05, 0) is 55.2 Å². The van der Waals surface area contributed by atoms with E-state index in [1.165, 1.54) is 12.1 Å². The van der Waals surface area contributed by atoms with Crippen LogP contribution in [-0.4, -0.2) is 17.0 Å². The molecule has 2 fully saturated rings. The van der Waals surface area contributed by atoms with E-state index in [0.29, 0.717) is 18.8 Å². The summed E-state index contributed by atoms with van der Waals surface area (Å²) >= 11 is 0. The lowest BCUT2D eigenvalue weighted by Crippen LogP contribution is -2.57. The van der Waals surface area contributed by atoms with Crippen molar-refractivity contribution in [2.24, 2.45) is 11.8 Å². The minimum absolute atomic E-state index is 0.00217. The van der Waals surface area contributed by atoms with E-state index in [1.807, 2.05) is 0 Å². The summed E-state index contributed by atoms with van der Waals surface area (Å²) in [7, 11) is 0. The lowest BCUT2D eigenvalue weighted by Gasteiger charge is -2.32. The number of hydrogen-bond donors (Lipinski definition) is 2. The minimum atomic E-state index is -0.681. The maximum Gasteiger partial charge on any atom is 0.241 e. The normalized spacial score (nSPS) is 30.1. The van der Waals surface area contributed by atoms with Crippen molar-refractivity contribution in [1.29, 1.82) is 5.26 Å². The van der Waals surface area contributed by atoms with Crippen molar-refractivity contribution < 1.29 is 9.18 Å². The molecule has 2 aliphatic rings. The van der Waals surface area contributed by atoms with Gasteiger partial charge in [0.15, 0.2) is 0 Å². The largest absolute Gasteiger partial charge is 0.336 e. The molecule has 0 radical (unpaired) electrons. The number of amides is 1. The molecule has 1 heterocycles. The zero-order valence-corrected chi connectivity index (χ0v) is 15.1. The standard InChI is InChI=1S/C20H26FN3O/c1-13(2)10-20(18(25)24-19(12-22)8-9-19)11-14(3)17(23-20)15-4-6-16(21)7-5-15/h4-7,13-14,17,23H,8-11H2,1-3H3,(H,24,25)/t14-,17-,20+/m0/s1. The molecule has 1 amide bonds. The molecule has 4 nitrogen and oxygen atoms in total. The summed E-state index contributed by atoms with van der Waals surface area (Å²) in [4.78, 5) is 13.1. The van der Waals surface area contributed by atoms with Crippen molar-refractivity contribution in [1.82, 2.24) is 10.6 Å². The smallest absolute Gasteiger partial charge is 0.241 e. The number of benzene rings is 1. The summed E-state index contributed by atoms with van der Waals surface area (Å²) in [6.45, 7) is 6.32. The summed E-state index contributed by atoms with van der Waals surface area (Å²) in [5, 5.41) is 15.8. The maximum atomic E-state index is 13.2. The van der Waals surface area contributed by atoms with E-state index >= 15 is 0 Å². The molecule has 134 valence electrons. The van der Waals surface area contributed by atoms with E-state index in [9.17, 15) is 14.4 Å². The first-order chi connectivity index (χ1) is 11.8. The first-order valence-electron chi connectivity index (χ1n) is 9.06. The van der Waals surface area contributed by atoms with Crippen LogP contribution < -0.4 is 10.6 Å². The van der Waals surface area contributed by atoms with Gasteiger partial charge < -0.3 is 5.32 Å². The highest BCUT2D eigenvalue weighted by Gasteiger charge is 2.53. The molecule has 0 spiro atoms. The van der Waals surface area contributed by atoms with Crippen LogP contribution in [0, 0.1) is 29.0 Å². The van der Waals surface area contributed by atoms with E-state index in [4.69, 9.17) is 0 Å². The molecule has 3 rings (SSSR count). The third kappa shape index (κ3) is 3.55. The molecule has 1 aliphatic carbocycles. The van der Waals surface area contributed by atoms with Gasteiger partial charge in [-0.1, -0.05) is 32.9 Å². The molecule has 3 atom stereocenters. The summed E-state index contributed by atoms with van der Waals surface area (Å²) in [5.41, 5.74) is -0.354. The average Bonchev–Trinajstić information content (AvgIpc) is 3.25. The van der Waals surface area contributed by atoms with Crippen molar-refractivity contribution in [2.75, 3.05) is 0 Å². The number of hydrogen-bond acceptors (Lipinski definition) is 3. The van der Waals surface area contributed by atoms with Crippen LogP contribution in [0.5, 0.6) is 0 Å². The first-order valence-corrected chi connectivity index (χ1v) is 9.06. The van der Waals surface area contributed by atoms with Gasteiger partial charge in [0.05, 0.1) is 11.6 Å². The molecular weight excluding hydrogens is 317 g/mol. The van der Waals surface area contributed by atoms with Gasteiger partial charge in [0.1, 0.15) is 11.4 Å². The van der Waals surface area contributed by atoms with E-state index in [0.717, 1.165) is 18.4 Å². The first kappa shape index (κ1) is 17.9. The summed E-state index contributed by atoms with van der Waals surface area (Å²) in [5.74, 6) is 0.254. The molecule has 5 heteroatoms. The molecule has 1 aliphatic heterocycles. The molecule has 0 aromatic heterocycles. The predicted octanol–water partition coefficient (Wildman–Crippen LogP) is 3.45. The van der Waals surface area contributed by atoms with Crippen molar-refractivity contribution in [3.05, 3.63) is 35.6 Å². The zero-order valence-electron chi connectivity index (χ0n) is 15.1. The zero-order chi connectivity index (χ0) is 18.2. The Bertz CT molecular complexity index is 690. The van der Waals surface area contributed by atoms with Crippen LogP contribution in [0.25, 0.3) is 0 Å². The number of nitrogens with one attached hydrogen (secondary N) is 2. The van der Waals surface area contributed by atoms with Crippen molar-refractivity contribution in [2.45, 2.75) is 63.6 Å². The van der Waals surface area contributed by atoms with Gasteiger partial charge in [0, 0.05) is 6.04 Å². The Kier molecular flexibility index (Phi) is 4.59. The van der Waals surface area contributed by atoms with Crippen LogP contribution in [0.3, 0.4) is 0 Å². The molecule has 2 N–H and O–H groups in total. The van der Waals surface area contributed by atoms with Crippen molar-refractivity contribution in [3.8, 4) is 6.07 Å². The van der Waals surface area contributed by atoms with Crippen LogP contribution >= 0.6 is 0 Å². The maximum absolute atomic E-state index is 13.2. The second-order valence-corrected chi connectivity index (χ2v) is 8.18. The second-order valence-electron chi connectivity index (χ2n) is 8.18. The number of halogens is 1. The van der Waals surface area contributed by atoms with E-state index in [1.54, 1.807) is 12.1 Å². The van der Waals surface area contributed by atoms with Crippen LogP contribution in [0.2, 0.25) is 0 Å². The van der Waals surface area contributed by atoms with Gasteiger partial charge in [0.25, 0.3) is 0 Å². The minimum Gasteiger partial charge on any atom is -0.336 e. The quantitative estimate of drug-likeness (QED) is 0.860. The Morgan fingerprint density at radius 1 is 1.40 bits per heavy atom. The SMILES string of the molecule is CC(C)C[C@]1(C(=O)NC2(C#N)CC2)C[C@H](C)[C@@H](c2ccc(F)cc2)N1. The van der Waals surface area contributed by atoms with Crippen LogP contribution in [0.4, 0.5) is 4.39 Å². The number of carbonyl (C=O) groups excluding carboxylic acids is 1. The van der Waals surface area contributed by atoms with E-state index in [-0.39, 0.29) is 23.7 Å². The Labute approximate surface area is 148 Å². The molecular formula is C20H26FN3O. The lowest BCUT2D eigenvalue weighted by molar-refractivity contribution is -0.128. The van der Waals surface area contributed by atoms with Gasteiger partial charge in [-0.25, -0.2) is 4.39 Å². The highest BCUT2D eigenvalue weighted by molar-refractivity contribution is 5.88. The summed E-state index contributed by atoms with van der Waals surface area (Å²) in [6.07, 6.45) is 2.87. The molecule has 1 aromatic carbocycles. The number of nitrogens with zero attached hydrogens (tertiary/aromatic N) is 1. The Hall–Kier alpha value is -1.93. The van der Waals surface area contributed by atoms with E-state index < -0.39 is 11.1 Å². The van der Waals surface area contributed by atoms with E-state index in [2.05, 4.69) is 37.5 Å². The fourth-order valence-electron chi connectivity index (χ4n) is 4.07. The second kappa shape index (κ2) is 6.42. The Morgan fingerprint density at radius 3 is 2.56 bits per heavy atom. The van der Waals surface area contributed by atoms with Gasteiger partial charge in [-0.15, -0.1) is 0 Å². The van der Waals surface area contributed by atoms with Gasteiger partial charge in [-0.2, -0.15) is 5.26 Å².